The Bertz CT molecular complexity index is 849. The van der Waals surface area contributed by atoms with Gasteiger partial charge in [0.25, 0.3) is 0 Å². The first-order valence-electron chi connectivity index (χ1n) is 6.84. The molecule has 112 valence electrons. The van der Waals surface area contributed by atoms with Gasteiger partial charge in [0.05, 0.1) is 5.69 Å². The summed E-state index contributed by atoms with van der Waals surface area (Å²) >= 11 is 0. The van der Waals surface area contributed by atoms with E-state index >= 15 is 0 Å². The Labute approximate surface area is 132 Å². The Morgan fingerprint density at radius 1 is 1.09 bits per heavy atom. The number of ether oxygens (including phenoxy) is 1. The molecular formula is C17H12N4O2. The normalized spacial score (nSPS) is 9.87. The number of aromatic amines is 1. The van der Waals surface area contributed by atoms with Gasteiger partial charge in [-0.15, -0.1) is 0 Å². The lowest BCUT2D eigenvalue weighted by Crippen LogP contribution is -1.95. The first kappa shape index (κ1) is 14.4. The number of amides is 1. The van der Waals surface area contributed by atoms with Crippen LogP contribution in [-0.4, -0.2) is 16.6 Å². The zero-order valence-electron chi connectivity index (χ0n) is 12.0. The van der Waals surface area contributed by atoms with E-state index in [0.29, 0.717) is 17.9 Å². The molecule has 0 radical (unpaired) electrons. The van der Waals surface area contributed by atoms with E-state index in [1.165, 1.54) is 0 Å². The van der Waals surface area contributed by atoms with Crippen LogP contribution in [-0.2, 0) is 4.79 Å². The fourth-order valence-electron chi connectivity index (χ4n) is 2.13. The number of rotatable bonds is 5. The number of nitriles is 1. The minimum absolute atomic E-state index is 0.210. The molecule has 2 N–H and O–H groups in total. The van der Waals surface area contributed by atoms with Crippen molar-refractivity contribution < 1.29 is 9.53 Å². The summed E-state index contributed by atoms with van der Waals surface area (Å²) in [5.41, 5.74) is 1.60. The molecule has 23 heavy (non-hydrogen) atoms. The Balaban J connectivity index is 1.85. The number of carbonyl (C=O) groups is 1. The smallest absolute Gasteiger partial charge is 0.212 e. The molecule has 0 saturated heterocycles. The first-order chi connectivity index (χ1) is 11.3. The summed E-state index contributed by atoms with van der Waals surface area (Å²) in [6.45, 7) is 0. The number of H-pyrrole nitrogens is 1. The van der Waals surface area contributed by atoms with E-state index in [9.17, 15) is 10.1 Å². The van der Waals surface area contributed by atoms with E-state index in [1.807, 2.05) is 48.5 Å². The molecule has 0 unspecified atom stereocenters. The van der Waals surface area contributed by atoms with Crippen molar-refractivity contribution in [1.82, 2.24) is 10.2 Å². The summed E-state index contributed by atoms with van der Waals surface area (Å²) < 4.78 is 5.72. The van der Waals surface area contributed by atoms with Gasteiger partial charge in [-0.25, -0.2) is 0 Å². The van der Waals surface area contributed by atoms with Gasteiger partial charge in [0.1, 0.15) is 23.1 Å². The molecule has 2 aromatic carbocycles. The standard InChI is InChI=1S/C17H12N4O2/c18-10-15-16(20-21-17(15)19-11-22)12-6-8-14(9-7-12)23-13-4-2-1-3-5-13/h1-9,11H,(H2,19,20,21,22). The number of carbonyl (C=O) groups excluding carboxylic acids is 1. The van der Waals surface area contributed by atoms with Crippen molar-refractivity contribution in [1.29, 1.82) is 5.26 Å². The van der Waals surface area contributed by atoms with Crippen LogP contribution < -0.4 is 10.1 Å². The summed E-state index contributed by atoms with van der Waals surface area (Å²) in [6.07, 6.45) is 0.484. The molecule has 1 aromatic heterocycles. The third kappa shape index (κ3) is 3.04. The number of aromatic nitrogens is 2. The average Bonchev–Trinajstić information content (AvgIpc) is 2.99. The zero-order chi connectivity index (χ0) is 16.1. The summed E-state index contributed by atoms with van der Waals surface area (Å²) in [5.74, 6) is 1.64. The van der Waals surface area contributed by atoms with Crippen LogP contribution in [0, 0.1) is 11.3 Å². The molecule has 0 bridgehead atoms. The SMILES string of the molecule is N#Cc1c(NC=O)n[nH]c1-c1ccc(Oc2ccccc2)cc1. The molecule has 0 aliphatic heterocycles. The van der Waals surface area contributed by atoms with Crippen LogP contribution in [0.15, 0.2) is 54.6 Å². The Hall–Kier alpha value is -3.59. The van der Waals surface area contributed by atoms with Gasteiger partial charge in [-0.2, -0.15) is 10.4 Å². The van der Waals surface area contributed by atoms with E-state index in [4.69, 9.17) is 4.74 Å². The maximum atomic E-state index is 10.5. The van der Waals surface area contributed by atoms with Crippen LogP contribution in [0.25, 0.3) is 11.3 Å². The number of nitrogens with zero attached hydrogens (tertiary/aromatic N) is 2. The Morgan fingerprint density at radius 2 is 1.78 bits per heavy atom. The summed E-state index contributed by atoms with van der Waals surface area (Å²) in [5, 5.41) is 18.3. The van der Waals surface area contributed by atoms with Crippen LogP contribution in [0.2, 0.25) is 0 Å². The minimum Gasteiger partial charge on any atom is -0.457 e. The number of nitrogens with one attached hydrogen (secondary N) is 2. The number of anilines is 1. The van der Waals surface area contributed by atoms with Crippen molar-refractivity contribution in [3.8, 4) is 28.8 Å². The average molecular weight is 304 g/mol. The van der Waals surface area contributed by atoms with Crippen LogP contribution >= 0.6 is 0 Å². The maximum absolute atomic E-state index is 10.5. The van der Waals surface area contributed by atoms with Crippen molar-refractivity contribution in [2.45, 2.75) is 0 Å². The second-order valence-electron chi connectivity index (χ2n) is 4.64. The highest BCUT2D eigenvalue weighted by Crippen LogP contribution is 2.28. The monoisotopic (exact) mass is 304 g/mol. The lowest BCUT2D eigenvalue weighted by atomic mass is 10.1. The molecule has 3 rings (SSSR count). The molecular weight excluding hydrogens is 292 g/mol. The Morgan fingerprint density at radius 3 is 2.43 bits per heavy atom. The lowest BCUT2D eigenvalue weighted by molar-refractivity contribution is -0.105. The van der Waals surface area contributed by atoms with Crippen LogP contribution in [0.3, 0.4) is 0 Å². The van der Waals surface area contributed by atoms with E-state index in [2.05, 4.69) is 15.5 Å². The van der Waals surface area contributed by atoms with E-state index < -0.39 is 0 Å². The van der Waals surface area contributed by atoms with Gasteiger partial charge in [-0.05, 0) is 36.4 Å². The summed E-state index contributed by atoms with van der Waals surface area (Å²) in [7, 11) is 0. The molecule has 0 spiro atoms. The minimum atomic E-state index is 0.210. The van der Waals surface area contributed by atoms with Gasteiger partial charge in [-0.1, -0.05) is 18.2 Å². The second-order valence-corrected chi connectivity index (χ2v) is 4.64. The van der Waals surface area contributed by atoms with Gasteiger partial charge in [0, 0.05) is 5.56 Å². The number of hydrogen-bond donors (Lipinski definition) is 2. The van der Waals surface area contributed by atoms with Crippen molar-refractivity contribution in [2.24, 2.45) is 0 Å². The van der Waals surface area contributed by atoms with Crippen molar-refractivity contribution in [3.63, 3.8) is 0 Å². The fraction of sp³-hybridized carbons (Fsp3) is 0. The van der Waals surface area contributed by atoms with Crippen molar-refractivity contribution in [3.05, 3.63) is 60.2 Å². The van der Waals surface area contributed by atoms with Gasteiger partial charge in [0.15, 0.2) is 5.82 Å². The molecule has 0 aliphatic rings. The molecule has 1 heterocycles. The lowest BCUT2D eigenvalue weighted by Gasteiger charge is -2.06. The number of hydrogen-bond acceptors (Lipinski definition) is 4. The molecule has 0 saturated carbocycles. The zero-order valence-corrected chi connectivity index (χ0v) is 12.0. The molecule has 3 aromatic rings. The molecule has 0 aliphatic carbocycles. The van der Waals surface area contributed by atoms with Gasteiger partial charge in [-0.3, -0.25) is 9.89 Å². The van der Waals surface area contributed by atoms with Crippen LogP contribution in [0.5, 0.6) is 11.5 Å². The summed E-state index contributed by atoms with van der Waals surface area (Å²) in [6, 6.07) is 18.7. The van der Waals surface area contributed by atoms with Gasteiger partial charge >= 0.3 is 0 Å². The predicted molar refractivity (Wildman–Crippen MR) is 84.9 cm³/mol. The number of para-hydroxylation sites is 1. The molecule has 0 atom stereocenters. The molecule has 0 fully saturated rings. The highest BCUT2D eigenvalue weighted by molar-refractivity contribution is 5.79. The van der Waals surface area contributed by atoms with Crippen LogP contribution in [0.1, 0.15) is 5.56 Å². The third-order valence-corrected chi connectivity index (χ3v) is 3.20. The van der Waals surface area contributed by atoms with Crippen molar-refractivity contribution in [2.75, 3.05) is 5.32 Å². The fourth-order valence-corrected chi connectivity index (χ4v) is 2.13. The van der Waals surface area contributed by atoms with E-state index in [1.54, 1.807) is 12.1 Å². The predicted octanol–water partition coefficient (Wildman–Crippen LogP) is 3.31. The molecule has 6 heteroatoms. The largest absolute Gasteiger partial charge is 0.457 e. The molecule has 1 amide bonds. The van der Waals surface area contributed by atoms with Crippen LogP contribution in [0.4, 0.5) is 5.82 Å². The highest BCUT2D eigenvalue weighted by atomic mass is 16.5. The first-order valence-corrected chi connectivity index (χ1v) is 6.84. The van der Waals surface area contributed by atoms with Gasteiger partial charge in [0.2, 0.25) is 6.41 Å². The highest BCUT2D eigenvalue weighted by Gasteiger charge is 2.14. The van der Waals surface area contributed by atoms with Crippen molar-refractivity contribution >= 4 is 12.2 Å². The Kier molecular flexibility index (Phi) is 4.03. The summed E-state index contributed by atoms with van der Waals surface area (Å²) in [4.78, 5) is 10.5. The second kappa shape index (κ2) is 6.45. The van der Waals surface area contributed by atoms with Gasteiger partial charge < -0.3 is 10.1 Å². The maximum Gasteiger partial charge on any atom is 0.212 e. The van der Waals surface area contributed by atoms with E-state index in [0.717, 1.165) is 11.3 Å². The number of benzene rings is 2. The quantitative estimate of drug-likeness (QED) is 0.707. The van der Waals surface area contributed by atoms with E-state index in [-0.39, 0.29) is 11.4 Å². The third-order valence-electron chi connectivity index (χ3n) is 3.20. The molecule has 6 nitrogen and oxygen atoms in total. The topological polar surface area (TPSA) is 90.8 Å².